The second-order valence-corrected chi connectivity index (χ2v) is 1.91. The van der Waals surface area contributed by atoms with E-state index in [2.05, 4.69) is 13.8 Å². The number of aliphatic hydroxyl groups excluding tert-OH is 1. The minimum atomic E-state index is 0. The smallest absolute Gasteiger partial charge is 0.316 e. The van der Waals surface area contributed by atoms with Crippen molar-refractivity contribution in [2.45, 2.75) is 20.3 Å². The largest absolute Gasteiger partial charge is 0.396 e. The maximum atomic E-state index is 8.24. The molecule has 7 heavy (non-hydrogen) atoms. The van der Waals surface area contributed by atoms with Gasteiger partial charge in [-0.1, -0.05) is 13.8 Å². The van der Waals surface area contributed by atoms with Gasteiger partial charge in [-0.3, -0.25) is 0 Å². The molecule has 0 aromatic heterocycles. The van der Waals surface area contributed by atoms with Crippen LogP contribution in [0.4, 0.5) is 0 Å². The lowest BCUT2D eigenvalue weighted by Crippen LogP contribution is -1.89. The topological polar surface area (TPSA) is 20.2 Å². The third-order valence-electron chi connectivity index (χ3n) is 0.706. The van der Waals surface area contributed by atoms with E-state index in [1.165, 1.54) is 0 Å². The lowest BCUT2D eigenvalue weighted by Gasteiger charge is -1.95. The van der Waals surface area contributed by atoms with E-state index in [0.717, 1.165) is 6.42 Å². The number of rotatable bonds is 2. The van der Waals surface area contributed by atoms with Crippen LogP contribution in [-0.4, -0.2) is 34.8 Å². The SMILES string of the molecule is CC(C)CCO.[MgH2]. The maximum Gasteiger partial charge on any atom is 0.316 e. The Kier molecular flexibility index (Phi) is 10.2. The summed E-state index contributed by atoms with van der Waals surface area (Å²) < 4.78 is 0. The first-order valence-corrected chi connectivity index (χ1v) is 2.38. The van der Waals surface area contributed by atoms with Crippen molar-refractivity contribution < 1.29 is 5.11 Å². The summed E-state index contributed by atoms with van der Waals surface area (Å²) >= 11 is 0. The fourth-order valence-electron chi connectivity index (χ4n) is 0.258. The zero-order chi connectivity index (χ0) is 4.99. The van der Waals surface area contributed by atoms with Gasteiger partial charge in [0.2, 0.25) is 0 Å². The van der Waals surface area contributed by atoms with Crippen LogP contribution in [-0.2, 0) is 0 Å². The highest BCUT2D eigenvalue weighted by atomic mass is 24.3. The Morgan fingerprint density at radius 1 is 1.43 bits per heavy atom. The van der Waals surface area contributed by atoms with Gasteiger partial charge < -0.3 is 5.11 Å². The second-order valence-electron chi connectivity index (χ2n) is 1.91. The van der Waals surface area contributed by atoms with Crippen molar-refractivity contribution >= 4 is 23.1 Å². The zero-order valence-electron chi connectivity index (χ0n) is 4.44. The standard InChI is InChI=1S/C5H12O.Mg.2H/c1-5(2)3-4-6;;;/h5-6H,3-4H2,1-2H3;;;. The van der Waals surface area contributed by atoms with Crippen molar-refractivity contribution in [2.24, 2.45) is 5.92 Å². The van der Waals surface area contributed by atoms with Crippen molar-refractivity contribution in [1.29, 1.82) is 0 Å². The zero-order valence-corrected chi connectivity index (χ0v) is 4.44. The molecule has 0 saturated heterocycles. The Morgan fingerprint density at radius 2 is 1.86 bits per heavy atom. The molecule has 0 aliphatic rings. The molecule has 0 rings (SSSR count). The summed E-state index contributed by atoms with van der Waals surface area (Å²) in [4.78, 5) is 0. The van der Waals surface area contributed by atoms with Crippen molar-refractivity contribution in [3.05, 3.63) is 0 Å². The molecule has 1 N–H and O–H groups in total. The molecule has 0 fully saturated rings. The first kappa shape index (κ1) is 10.7. The quantitative estimate of drug-likeness (QED) is 0.505. The van der Waals surface area contributed by atoms with E-state index in [1.807, 2.05) is 0 Å². The van der Waals surface area contributed by atoms with Crippen LogP contribution in [0.5, 0.6) is 0 Å². The molecule has 0 radical (unpaired) electrons. The van der Waals surface area contributed by atoms with Crippen LogP contribution in [0.15, 0.2) is 0 Å². The van der Waals surface area contributed by atoms with Crippen LogP contribution >= 0.6 is 0 Å². The molecule has 0 aromatic rings. The molecule has 1 nitrogen and oxygen atoms in total. The third kappa shape index (κ3) is 10.8. The van der Waals surface area contributed by atoms with Crippen LogP contribution in [0.2, 0.25) is 0 Å². The summed E-state index contributed by atoms with van der Waals surface area (Å²) in [7, 11) is 0. The Morgan fingerprint density at radius 3 is 1.86 bits per heavy atom. The number of hydrogen-bond donors (Lipinski definition) is 1. The minimum absolute atomic E-state index is 0. The molecule has 0 unspecified atom stereocenters. The first-order valence-electron chi connectivity index (χ1n) is 2.38. The van der Waals surface area contributed by atoms with Gasteiger partial charge in [-0.15, -0.1) is 0 Å². The molecule has 0 bridgehead atoms. The Bertz CT molecular complexity index is 29.3. The monoisotopic (exact) mass is 114 g/mol. The summed E-state index contributed by atoms with van der Waals surface area (Å²) in [6.07, 6.45) is 0.931. The van der Waals surface area contributed by atoms with Crippen LogP contribution in [0.3, 0.4) is 0 Å². The number of aliphatic hydroxyl groups is 1. The predicted octanol–water partition coefficient (Wildman–Crippen LogP) is 0.109. The van der Waals surface area contributed by atoms with Gasteiger partial charge >= 0.3 is 23.1 Å². The second kappa shape index (κ2) is 6.73. The summed E-state index contributed by atoms with van der Waals surface area (Å²) in [5.74, 6) is 0.648. The van der Waals surface area contributed by atoms with Gasteiger partial charge in [0.05, 0.1) is 0 Å². The van der Waals surface area contributed by atoms with E-state index in [1.54, 1.807) is 0 Å². The van der Waals surface area contributed by atoms with Crippen molar-refractivity contribution in [3.63, 3.8) is 0 Å². The average Bonchev–Trinajstić information content (AvgIpc) is 1.35. The highest BCUT2D eigenvalue weighted by Gasteiger charge is 1.86. The molecule has 0 atom stereocenters. The van der Waals surface area contributed by atoms with Crippen LogP contribution in [0, 0.1) is 5.92 Å². The molecule has 0 aliphatic carbocycles. The van der Waals surface area contributed by atoms with Crippen LogP contribution in [0.1, 0.15) is 20.3 Å². The molecule has 0 aliphatic heterocycles. The van der Waals surface area contributed by atoms with Gasteiger partial charge in [-0.2, -0.15) is 0 Å². The van der Waals surface area contributed by atoms with Gasteiger partial charge in [0.25, 0.3) is 0 Å². The van der Waals surface area contributed by atoms with Gasteiger partial charge in [0.1, 0.15) is 0 Å². The molecular weight excluding hydrogens is 100 g/mol. The molecule has 0 aromatic carbocycles. The molecule has 0 heterocycles. The number of hydrogen-bond acceptors (Lipinski definition) is 1. The molecule has 0 saturated carbocycles. The fourth-order valence-corrected chi connectivity index (χ4v) is 0.258. The van der Waals surface area contributed by atoms with E-state index in [-0.39, 0.29) is 23.1 Å². The lowest BCUT2D eigenvalue weighted by molar-refractivity contribution is 0.268. The molecular formula is C5H14MgO. The van der Waals surface area contributed by atoms with Crippen molar-refractivity contribution in [1.82, 2.24) is 0 Å². The first-order chi connectivity index (χ1) is 2.77. The summed E-state index contributed by atoms with van der Waals surface area (Å²) in [6, 6.07) is 0. The average molecular weight is 114 g/mol. The third-order valence-corrected chi connectivity index (χ3v) is 0.706. The van der Waals surface area contributed by atoms with Gasteiger partial charge in [-0.05, 0) is 12.3 Å². The highest BCUT2D eigenvalue weighted by molar-refractivity contribution is 5.75. The van der Waals surface area contributed by atoms with Gasteiger partial charge in [0.15, 0.2) is 0 Å². The van der Waals surface area contributed by atoms with Crippen molar-refractivity contribution in [2.75, 3.05) is 6.61 Å². The summed E-state index contributed by atoms with van der Waals surface area (Å²) in [5, 5.41) is 8.24. The fraction of sp³-hybridized carbons (Fsp3) is 1.00. The van der Waals surface area contributed by atoms with E-state index in [9.17, 15) is 0 Å². The minimum Gasteiger partial charge on any atom is -0.396 e. The Labute approximate surface area is 61.3 Å². The molecule has 0 spiro atoms. The lowest BCUT2D eigenvalue weighted by atomic mass is 10.2. The van der Waals surface area contributed by atoms with E-state index >= 15 is 0 Å². The normalized spacial score (nSPS) is 8.57. The van der Waals surface area contributed by atoms with Gasteiger partial charge in [0, 0.05) is 6.61 Å². The highest BCUT2D eigenvalue weighted by Crippen LogP contribution is 1.94. The molecule has 0 amide bonds. The molecule has 2 heteroatoms. The Hall–Kier alpha value is 0.726. The molecule has 42 valence electrons. The van der Waals surface area contributed by atoms with Gasteiger partial charge in [-0.25, -0.2) is 0 Å². The van der Waals surface area contributed by atoms with E-state index in [0.29, 0.717) is 12.5 Å². The summed E-state index contributed by atoms with van der Waals surface area (Å²) in [5.41, 5.74) is 0. The predicted molar refractivity (Wildman–Crippen MR) is 35.1 cm³/mol. The van der Waals surface area contributed by atoms with E-state index < -0.39 is 0 Å². The maximum absolute atomic E-state index is 8.24. The van der Waals surface area contributed by atoms with Crippen LogP contribution < -0.4 is 0 Å². The Balaban J connectivity index is 0. The van der Waals surface area contributed by atoms with Crippen LogP contribution in [0.25, 0.3) is 0 Å². The van der Waals surface area contributed by atoms with E-state index in [4.69, 9.17) is 5.11 Å². The van der Waals surface area contributed by atoms with Crippen molar-refractivity contribution in [3.8, 4) is 0 Å². The summed E-state index contributed by atoms with van der Waals surface area (Å²) in [6.45, 7) is 4.52.